The summed E-state index contributed by atoms with van der Waals surface area (Å²) < 4.78 is 37.4. The first-order chi connectivity index (χ1) is 10.2. The van der Waals surface area contributed by atoms with Crippen LogP contribution in [0.15, 0.2) is 0 Å². The molecule has 0 aromatic heterocycles. The van der Waals surface area contributed by atoms with Crippen LogP contribution in [0.25, 0.3) is 0 Å². The van der Waals surface area contributed by atoms with Crippen molar-refractivity contribution in [2.45, 2.75) is 51.2 Å². The molecule has 0 bridgehead atoms. The maximum absolute atomic E-state index is 12.5. The first-order valence-corrected chi connectivity index (χ1v) is 7.94. The third kappa shape index (κ3) is 4.35. The summed E-state index contributed by atoms with van der Waals surface area (Å²) in [6.45, 7) is 1.56. The van der Waals surface area contributed by atoms with Gasteiger partial charge in [0.2, 0.25) is 5.91 Å². The Kier molecular flexibility index (Phi) is 5.37. The molecule has 2 fully saturated rings. The molecule has 3 atom stereocenters. The number of nitrogens with one attached hydrogen (secondary N) is 1. The van der Waals surface area contributed by atoms with Crippen LogP contribution >= 0.6 is 0 Å². The number of nitrogens with zero attached hydrogens (tertiary/aromatic N) is 1. The second kappa shape index (κ2) is 6.74. The summed E-state index contributed by atoms with van der Waals surface area (Å²) in [7, 11) is 0. The van der Waals surface area contributed by atoms with Gasteiger partial charge in [0, 0.05) is 18.0 Å². The zero-order valence-corrected chi connectivity index (χ0v) is 13.0. The number of halogens is 3. The molecule has 0 aromatic rings. The quantitative estimate of drug-likeness (QED) is 0.831. The van der Waals surface area contributed by atoms with E-state index in [1.807, 2.05) is 6.92 Å². The largest absolute Gasteiger partial charge is 0.401 e. The minimum Gasteiger partial charge on any atom is -0.396 e. The molecule has 0 spiro atoms. The number of aliphatic hydroxyl groups is 1. The number of aliphatic hydroxyl groups excluding tert-OH is 1. The summed E-state index contributed by atoms with van der Waals surface area (Å²) in [6.07, 6.45) is -0.355. The van der Waals surface area contributed by atoms with Crippen LogP contribution in [0.1, 0.15) is 39.0 Å². The molecule has 7 heteroatoms. The van der Waals surface area contributed by atoms with E-state index in [1.54, 1.807) is 0 Å². The van der Waals surface area contributed by atoms with Crippen molar-refractivity contribution in [3.05, 3.63) is 0 Å². The molecule has 1 aliphatic carbocycles. The van der Waals surface area contributed by atoms with E-state index in [4.69, 9.17) is 0 Å². The number of hydrogen-bond donors (Lipinski definition) is 2. The van der Waals surface area contributed by atoms with Gasteiger partial charge in [0.25, 0.3) is 0 Å². The van der Waals surface area contributed by atoms with Crippen molar-refractivity contribution in [3.8, 4) is 0 Å². The van der Waals surface area contributed by atoms with Gasteiger partial charge >= 0.3 is 6.18 Å². The van der Waals surface area contributed by atoms with Gasteiger partial charge in [-0.15, -0.1) is 0 Å². The standard InChI is InChI=1S/C15H25F3N2O2/c1-14(10-21)6-2-5-12(14)19-13(22)11-4-3-7-20(8-11)9-15(16,17)18/h11-12,21H,2-10H2,1H3,(H,19,22). The highest BCUT2D eigenvalue weighted by molar-refractivity contribution is 5.79. The first kappa shape index (κ1) is 17.5. The number of rotatable bonds is 4. The van der Waals surface area contributed by atoms with E-state index in [9.17, 15) is 23.1 Å². The van der Waals surface area contributed by atoms with Gasteiger partial charge in [0.1, 0.15) is 0 Å². The summed E-state index contributed by atoms with van der Waals surface area (Å²) in [5.74, 6) is -0.557. The van der Waals surface area contributed by atoms with Crippen LogP contribution in [0.5, 0.6) is 0 Å². The minimum atomic E-state index is -4.22. The fourth-order valence-electron chi connectivity index (χ4n) is 3.62. The fraction of sp³-hybridized carbons (Fsp3) is 0.933. The van der Waals surface area contributed by atoms with Gasteiger partial charge in [-0.05, 0) is 32.2 Å². The third-order valence-electron chi connectivity index (χ3n) is 5.04. The molecule has 1 amide bonds. The molecule has 22 heavy (non-hydrogen) atoms. The highest BCUT2D eigenvalue weighted by atomic mass is 19.4. The molecule has 3 unspecified atom stereocenters. The Labute approximate surface area is 129 Å². The zero-order chi connectivity index (χ0) is 16.4. The van der Waals surface area contributed by atoms with Crippen molar-refractivity contribution in [3.63, 3.8) is 0 Å². The molecular weight excluding hydrogens is 297 g/mol. The average Bonchev–Trinajstić information content (AvgIpc) is 2.79. The van der Waals surface area contributed by atoms with Gasteiger partial charge in [0.15, 0.2) is 0 Å². The summed E-state index contributed by atoms with van der Waals surface area (Å²) in [5.41, 5.74) is -0.310. The maximum Gasteiger partial charge on any atom is 0.401 e. The summed E-state index contributed by atoms with van der Waals surface area (Å²) in [6, 6.07) is -0.0806. The van der Waals surface area contributed by atoms with E-state index in [1.165, 1.54) is 4.90 Å². The number of likely N-dealkylation sites (tertiary alicyclic amines) is 1. The molecule has 2 N–H and O–H groups in total. The van der Waals surface area contributed by atoms with Crippen LogP contribution in [0.4, 0.5) is 13.2 Å². The van der Waals surface area contributed by atoms with Crippen molar-refractivity contribution in [2.75, 3.05) is 26.2 Å². The Balaban J connectivity index is 1.89. The van der Waals surface area contributed by atoms with E-state index >= 15 is 0 Å². The number of piperidine rings is 1. The van der Waals surface area contributed by atoms with E-state index in [0.717, 1.165) is 19.3 Å². The van der Waals surface area contributed by atoms with Gasteiger partial charge < -0.3 is 10.4 Å². The highest BCUT2D eigenvalue weighted by Gasteiger charge is 2.41. The smallest absolute Gasteiger partial charge is 0.396 e. The Morgan fingerprint density at radius 1 is 1.36 bits per heavy atom. The second-order valence-corrected chi connectivity index (χ2v) is 6.95. The summed E-state index contributed by atoms with van der Waals surface area (Å²) >= 11 is 0. The lowest BCUT2D eigenvalue weighted by molar-refractivity contribution is -0.152. The van der Waals surface area contributed by atoms with Gasteiger partial charge in [-0.3, -0.25) is 9.69 Å². The van der Waals surface area contributed by atoms with E-state index in [-0.39, 0.29) is 36.4 Å². The van der Waals surface area contributed by atoms with Crippen molar-refractivity contribution < 1.29 is 23.1 Å². The SMILES string of the molecule is CC1(CO)CCCC1NC(=O)C1CCCN(CC(F)(F)F)C1. The predicted octanol–water partition coefficient (Wildman–Crippen LogP) is 1.93. The Morgan fingerprint density at radius 3 is 2.73 bits per heavy atom. The molecule has 1 saturated carbocycles. The van der Waals surface area contributed by atoms with Gasteiger partial charge in [-0.2, -0.15) is 13.2 Å². The molecular formula is C15H25F3N2O2. The van der Waals surface area contributed by atoms with Crippen molar-refractivity contribution in [2.24, 2.45) is 11.3 Å². The predicted molar refractivity (Wildman–Crippen MR) is 76.2 cm³/mol. The zero-order valence-electron chi connectivity index (χ0n) is 13.0. The highest BCUT2D eigenvalue weighted by Crippen LogP contribution is 2.37. The lowest BCUT2D eigenvalue weighted by Crippen LogP contribution is -2.51. The van der Waals surface area contributed by atoms with Crippen LogP contribution in [0, 0.1) is 11.3 Å². The number of alkyl halides is 3. The Morgan fingerprint density at radius 2 is 2.09 bits per heavy atom. The van der Waals surface area contributed by atoms with Crippen LogP contribution in [-0.4, -0.2) is 54.4 Å². The number of amides is 1. The van der Waals surface area contributed by atoms with Crippen molar-refractivity contribution in [1.82, 2.24) is 10.2 Å². The molecule has 128 valence electrons. The average molecular weight is 322 g/mol. The fourth-order valence-corrected chi connectivity index (χ4v) is 3.62. The monoisotopic (exact) mass is 322 g/mol. The van der Waals surface area contributed by atoms with E-state index < -0.39 is 12.7 Å². The van der Waals surface area contributed by atoms with Crippen LogP contribution in [0.2, 0.25) is 0 Å². The van der Waals surface area contributed by atoms with Gasteiger partial charge in [0.05, 0.1) is 19.1 Å². The molecule has 2 aliphatic rings. The maximum atomic E-state index is 12.5. The molecule has 0 aromatic carbocycles. The van der Waals surface area contributed by atoms with Crippen LogP contribution in [0.3, 0.4) is 0 Å². The Bertz CT molecular complexity index is 403. The summed E-state index contributed by atoms with van der Waals surface area (Å²) in [5, 5.41) is 12.5. The molecule has 1 heterocycles. The number of carbonyl (C=O) groups is 1. The molecule has 1 aliphatic heterocycles. The lowest BCUT2D eigenvalue weighted by Gasteiger charge is -2.35. The normalized spacial score (nSPS) is 33.9. The molecule has 1 saturated heterocycles. The second-order valence-electron chi connectivity index (χ2n) is 6.95. The van der Waals surface area contributed by atoms with Crippen molar-refractivity contribution in [1.29, 1.82) is 0 Å². The summed E-state index contributed by atoms with van der Waals surface area (Å²) in [4.78, 5) is 13.7. The molecule has 0 radical (unpaired) electrons. The van der Waals surface area contributed by atoms with Gasteiger partial charge in [-0.25, -0.2) is 0 Å². The van der Waals surface area contributed by atoms with E-state index in [2.05, 4.69) is 5.32 Å². The number of hydrogen-bond acceptors (Lipinski definition) is 3. The van der Waals surface area contributed by atoms with Crippen LogP contribution in [-0.2, 0) is 4.79 Å². The minimum absolute atomic E-state index is 0.0167. The lowest BCUT2D eigenvalue weighted by atomic mass is 9.85. The van der Waals surface area contributed by atoms with E-state index in [0.29, 0.717) is 19.4 Å². The number of carbonyl (C=O) groups excluding carboxylic acids is 1. The first-order valence-electron chi connectivity index (χ1n) is 7.94. The van der Waals surface area contributed by atoms with Crippen molar-refractivity contribution >= 4 is 5.91 Å². The van der Waals surface area contributed by atoms with Crippen LogP contribution < -0.4 is 5.32 Å². The Hall–Kier alpha value is -0.820. The molecule has 4 nitrogen and oxygen atoms in total. The molecule has 2 rings (SSSR count). The topological polar surface area (TPSA) is 52.6 Å². The van der Waals surface area contributed by atoms with Gasteiger partial charge in [-0.1, -0.05) is 13.3 Å². The third-order valence-corrected chi connectivity index (χ3v) is 5.04.